The molecule has 2 N–H and O–H groups in total. The van der Waals surface area contributed by atoms with Crippen LogP contribution in [0.3, 0.4) is 0 Å². The summed E-state index contributed by atoms with van der Waals surface area (Å²) < 4.78 is 7.11. The van der Waals surface area contributed by atoms with E-state index in [0.717, 1.165) is 11.1 Å². The molecular weight excluding hydrogens is 272 g/mol. The van der Waals surface area contributed by atoms with Crippen LogP contribution in [-0.2, 0) is 11.8 Å². The lowest BCUT2D eigenvalue weighted by Crippen LogP contribution is -2.15. The van der Waals surface area contributed by atoms with Gasteiger partial charge in [0.15, 0.2) is 5.65 Å². The van der Waals surface area contributed by atoms with Gasteiger partial charge in [-0.05, 0) is 20.8 Å². The lowest BCUT2D eigenvalue weighted by molar-refractivity contribution is 0.0696. The first-order valence-electron chi connectivity index (χ1n) is 6.83. The Labute approximate surface area is 122 Å². The fraction of sp³-hybridized carbons (Fsp3) is 0.500. The number of aromatic nitrogens is 3. The zero-order chi connectivity index (χ0) is 15.6. The van der Waals surface area contributed by atoms with E-state index in [4.69, 9.17) is 4.74 Å². The number of rotatable bonds is 6. The molecule has 7 heteroatoms. The van der Waals surface area contributed by atoms with Crippen molar-refractivity contribution in [2.45, 2.75) is 26.9 Å². The Morgan fingerprint density at radius 1 is 1.52 bits per heavy atom. The van der Waals surface area contributed by atoms with Crippen LogP contribution in [0, 0.1) is 6.92 Å². The van der Waals surface area contributed by atoms with Gasteiger partial charge in [0.2, 0.25) is 0 Å². The number of ether oxygens (including phenoxy) is 1. The van der Waals surface area contributed by atoms with Gasteiger partial charge in [-0.2, -0.15) is 5.10 Å². The van der Waals surface area contributed by atoms with Crippen molar-refractivity contribution in [1.82, 2.24) is 14.8 Å². The maximum atomic E-state index is 11.4. The van der Waals surface area contributed by atoms with Crippen molar-refractivity contribution in [3.63, 3.8) is 0 Å². The third-order valence-electron chi connectivity index (χ3n) is 3.11. The van der Waals surface area contributed by atoms with Gasteiger partial charge < -0.3 is 15.2 Å². The number of carboxylic acids is 1. The van der Waals surface area contributed by atoms with Gasteiger partial charge in [-0.15, -0.1) is 0 Å². The molecule has 114 valence electrons. The van der Waals surface area contributed by atoms with E-state index in [-0.39, 0.29) is 11.7 Å². The van der Waals surface area contributed by atoms with Crippen LogP contribution >= 0.6 is 0 Å². The van der Waals surface area contributed by atoms with Crippen molar-refractivity contribution in [1.29, 1.82) is 0 Å². The minimum Gasteiger partial charge on any atom is -0.478 e. The number of anilines is 1. The summed E-state index contributed by atoms with van der Waals surface area (Å²) in [5.74, 6) is -1.01. The van der Waals surface area contributed by atoms with Crippen LogP contribution in [0.2, 0.25) is 0 Å². The highest BCUT2D eigenvalue weighted by atomic mass is 16.5. The third kappa shape index (κ3) is 3.13. The maximum Gasteiger partial charge on any atom is 0.339 e. The van der Waals surface area contributed by atoms with E-state index >= 15 is 0 Å². The van der Waals surface area contributed by atoms with Crippen LogP contribution in [0.5, 0.6) is 0 Å². The van der Waals surface area contributed by atoms with Gasteiger partial charge in [0, 0.05) is 19.8 Å². The number of nitrogens with zero attached hydrogens (tertiary/aromatic N) is 3. The molecule has 0 unspecified atom stereocenters. The SMILES string of the molecule is Cc1nn(C)c2ncc(C(=O)O)c(NCCOC(C)C)c12. The molecule has 0 aliphatic rings. The number of fused-ring (bicyclic) bond motifs is 1. The zero-order valence-corrected chi connectivity index (χ0v) is 12.7. The van der Waals surface area contributed by atoms with Gasteiger partial charge in [-0.1, -0.05) is 0 Å². The van der Waals surface area contributed by atoms with E-state index in [1.54, 1.807) is 11.7 Å². The Morgan fingerprint density at radius 2 is 2.24 bits per heavy atom. The largest absolute Gasteiger partial charge is 0.478 e. The minimum absolute atomic E-state index is 0.142. The summed E-state index contributed by atoms with van der Waals surface area (Å²) in [6, 6.07) is 0. The Hall–Kier alpha value is -2.15. The van der Waals surface area contributed by atoms with E-state index in [0.29, 0.717) is 24.5 Å². The normalized spacial score (nSPS) is 11.3. The van der Waals surface area contributed by atoms with Gasteiger partial charge >= 0.3 is 5.97 Å². The summed E-state index contributed by atoms with van der Waals surface area (Å²) in [7, 11) is 1.79. The average molecular weight is 292 g/mol. The minimum atomic E-state index is -1.01. The molecule has 2 rings (SSSR count). The number of aryl methyl sites for hydroxylation is 2. The molecule has 21 heavy (non-hydrogen) atoms. The highest BCUT2D eigenvalue weighted by molar-refractivity contribution is 6.04. The average Bonchev–Trinajstić information content (AvgIpc) is 2.69. The van der Waals surface area contributed by atoms with Crippen molar-refractivity contribution >= 4 is 22.7 Å². The third-order valence-corrected chi connectivity index (χ3v) is 3.11. The maximum absolute atomic E-state index is 11.4. The van der Waals surface area contributed by atoms with Crippen LogP contribution in [0.4, 0.5) is 5.69 Å². The van der Waals surface area contributed by atoms with Crippen LogP contribution in [-0.4, -0.2) is 45.1 Å². The first kappa shape index (κ1) is 15.2. The number of carbonyl (C=O) groups is 1. The molecule has 0 amide bonds. The Balaban J connectivity index is 2.37. The standard InChI is InChI=1S/C14H20N4O3/c1-8(2)21-6-5-15-12-10(14(19)20)7-16-13-11(12)9(3)17-18(13)4/h7-8H,5-6H2,1-4H3,(H,15,16)(H,19,20). The smallest absolute Gasteiger partial charge is 0.339 e. The van der Waals surface area contributed by atoms with Crippen molar-refractivity contribution in [3.8, 4) is 0 Å². The van der Waals surface area contributed by atoms with Crippen LogP contribution < -0.4 is 5.32 Å². The summed E-state index contributed by atoms with van der Waals surface area (Å²) >= 11 is 0. The molecule has 0 aliphatic carbocycles. The molecule has 0 aliphatic heterocycles. The number of carboxylic acid groups (broad SMARTS) is 1. The summed E-state index contributed by atoms with van der Waals surface area (Å²) in [5.41, 5.74) is 2.09. The molecule has 2 heterocycles. The first-order chi connectivity index (χ1) is 9.91. The molecule has 0 bridgehead atoms. The Morgan fingerprint density at radius 3 is 2.86 bits per heavy atom. The predicted molar refractivity (Wildman–Crippen MR) is 79.8 cm³/mol. The van der Waals surface area contributed by atoms with Crippen molar-refractivity contribution in [2.24, 2.45) is 7.05 Å². The second-order valence-electron chi connectivity index (χ2n) is 5.11. The van der Waals surface area contributed by atoms with E-state index in [1.807, 2.05) is 20.8 Å². The molecule has 0 fully saturated rings. The second kappa shape index (κ2) is 6.09. The fourth-order valence-electron chi connectivity index (χ4n) is 2.23. The molecular formula is C14H20N4O3. The molecule has 0 atom stereocenters. The first-order valence-corrected chi connectivity index (χ1v) is 6.83. The summed E-state index contributed by atoms with van der Waals surface area (Å²) in [6.07, 6.45) is 1.50. The molecule has 2 aromatic rings. The lowest BCUT2D eigenvalue weighted by atomic mass is 10.1. The van der Waals surface area contributed by atoms with E-state index < -0.39 is 5.97 Å². The number of hydrogen-bond acceptors (Lipinski definition) is 5. The molecule has 0 aromatic carbocycles. The predicted octanol–water partition coefficient (Wildman–Crippen LogP) is 1.81. The van der Waals surface area contributed by atoms with Crippen molar-refractivity contribution < 1.29 is 14.6 Å². The van der Waals surface area contributed by atoms with Crippen LogP contribution in [0.15, 0.2) is 6.20 Å². The number of pyridine rings is 1. The van der Waals surface area contributed by atoms with Crippen LogP contribution in [0.25, 0.3) is 11.0 Å². The monoisotopic (exact) mass is 292 g/mol. The quantitative estimate of drug-likeness (QED) is 0.789. The van der Waals surface area contributed by atoms with Crippen molar-refractivity contribution in [2.75, 3.05) is 18.5 Å². The summed E-state index contributed by atoms with van der Waals surface area (Å²) in [5, 5.41) is 17.5. The Bertz CT molecular complexity index is 664. The molecule has 7 nitrogen and oxygen atoms in total. The van der Waals surface area contributed by atoms with Gasteiger partial charge in [-0.3, -0.25) is 4.68 Å². The highest BCUT2D eigenvalue weighted by Gasteiger charge is 2.18. The molecule has 0 radical (unpaired) electrons. The van der Waals surface area contributed by atoms with Gasteiger partial charge in [0.1, 0.15) is 5.56 Å². The summed E-state index contributed by atoms with van der Waals surface area (Å²) in [6.45, 7) is 6.77. The van der Waals surface area contributed by atoms with Gasteiger partial charge in [0.05, 0.1) is 29.5 Å². The molecule has 0 saturated carbocycles. The number of aromatic carboxylic acids is 1. The zero-order valence-electron chi connectivity index (χ0n) is 12.7. The van der Waals surface area contributed by atoms with Gasteiger partial charge in [0.25, 0.3) is 0 Å². The fourth-order valence-corrected chi connectivity index (χ4v) is 2.23. The number of hydrogen-bond donors (Lipinski definition) is 2. The highest BCUT2D eigenvalue weighted by Crippen LogP contribution is 2.28. The van der Waals surface area contributed by atoms with E-state index in [9.17, 15) is 9.90 Å². The summed E-state index contributed by atoms with van der Waals surface area (Å²) in [4.78, 5) is 15.6. The number of nitrogens with one attached hydrogen (secondary N) is 1. The van der Waals surface area contributed by atoms with Crippen LogP contribution in [0.1, 0.15) is 29.9 Å². The second-order valence-corrected chi connectivity index (χ2v) is 5.11. The Kier molecular flexibility index (Phi) is 4.42. The lowest BCUT2D eigenvalue weighted by Gasteiger charge is -2.12. The van der Waals surface area contributed by atoms with Crippen molar-refractivity contribution in [3.05, 3.63) is 17.5 Å². The molecule has 0 spiro atoms. The molecule has 2 aromatic heterocycles. The van der Waals surface area contributed by atoms with Gasteiger partial charge in [-0.25, -0.2) is 9.78 Å². The topological polar surface area (TPSA) is 89.3 Å². The molecule has 0 saturated heterocycles. The van der Waals surface area contributed by atoms with E-state index in [1.165, 1.54) is 6.20 Å². The van der Waals surface area contributed by atoms with E-state index in [2.05, 4.69) is 15.4 Å².